The first-order valence-electron chi connectivity index (χ1n) is 6.79. The van der Waals surface area contributed by atoms with Crippen LogP contribution in [-0.4, -0.2) is 40.5 Å². The van der Waals surface area contributed by atoms with Crippen LogP contribution in [0.2, 0.25) is 0 Å². The molecule has 2 aromatic heterocycles. The van der Waals surface area contributed by atoms with Crippen molar-refractivity contribution in [1.29, 1.82) is 0 Å². The lowest BCUT2D eigenvalue weighted by molar-refractivity contribution is 0.352. The fourth-order valence-electron chi connectivity index (χ4n) is 2.17. The highest BCUT2D eigenvalue weighted by molar-refractivity contribution is 5.35. The Morgan fingerprint density at radius 3 is 2.57 bits per heavy atom. The molecule has 0 aliphatic heterocycles. The average Bonchev–Trinajstić information content (AvgIpc) is 2.84. The number of nitrogens with one attached hydrogen (secondary N) is 1. The molecule has 1 N–H and O–H groups in total. The average molecular weight is 291 g/mol. The molecule has 2 rings (SSSR count). The highest BCUT2D eigenvalue weighted by atomic mass is 16.5. The Labute approximate surface area is 124 Å². The maximum absolute atomic E-state index is 5.36. The van der Waals surface area contributed by atoms with Gasteiger partial charge in [0.05, 0.1) is 32.7 Å². The van der Waals surface area contributed by atoms with Gasteiger partial charge in [-0.1, -0.05) is 6.92 Å². The summed E-state index contributed by atoms with van der Waals surface area (Å²) < 4.78 is 12.3. The van der Waals surface area contributed by atoms with Crippen molar-refractivity contribution in [1.82, 2.24) is 25.1 Å². The molecule has 0 bridgehead atoms. The Hall–Kier alpha value is -2.15. The van der Waals surface area contributed by atoms with Gasteiger partial charge in [-0.25, -0.2) is 4.98 Å². The number of methoxy groups -OCH3 is 2. The summed E-state index contributed by atoms with van der Waals surface area (Å²) in [5, 5.41) is 7.70. The number of aromatic nitrogens is 4. The SMILES string of the molecule is CCNC(c1cnn(C)c1C)c1ncc(OC)nc1OC. The number of nitrogens with zero attached hydrogens (tertiary/aromatic N) is 4. The molecule has 0 fully saturated rings. The molecule has 2 heterocycles. The Morgan fingerprint density at radius 1 is 1.29 bits per heavy atom. The highest BCUT2D eigenvalue weighted by Crippen LogP contribution is 2.29. The third-order valence-corrected chi connectivity index (χ3v) is 3.41. The van der Waals surface area contributed by atoms with Gasteiger partial charge in [0.25, 0.3) is 0 Å². The number of rotatable bonds is 6. The van der Waals surface area contributed by atoms with E-state index in [0.29, 0.717) is 11.8 Å². The first-order chi connectivity index (χ1) is 10.1. The molecule has 0 aromatic carbocycles. The fourth-order valence-corrected chi connectivity index (χ4v) is 2.17. The van der Waals surface area contributed by atoms with E-state index in [2.05, 4.69) is 20.4 Å². The van der Waals surface area contributed by atoms with E-state index in [9.17, 15) is 0 Å². The Balaban J connectivity index is 2.50. The second-order valence-corrected chi connectivity index (χ2v) is 4.61. The van der Waals surface area contributed by atoms with Crippen LogP contribution < -0.4 is 14.8 Å². The molecule has 114 valence electrons. The van der Waals surface area contributed by atoms with Crippen molar-refractivity contribution >= 4 is 0 Å². The van der Waals surface area contributed by atoms with Gasteiger partial charge >= 0.3 is 0 Å². The molecule has 7 heteroatoms. The first kappa shape index (κ1) is 15.2. The summed E-state index contributed by atoms with van der Waals surface area (Å²) in [6, 6.07) is -0.128. The van der Waals surface area contributed by atoms with Crippen LogP contribution in [0.25, 0.3) is 0 Å². The van der Waals surface area contributed by atoms with Crippen LogP contribution in [-0.2, 0) is 7.05 Å². The molecular weight excluding hydrogens is 270 g/mol. The van der Waals surface area contributed by atoms with Gasteiger partial charge in [0, 0.05) is 18.3 Å². The van der Waals surface area contributed by atoms with Crippen LogP contribution in [0.1, 0.15) is 29.9 Å². The molecular formula is C14H21N5O2. The van der Waals surface area contributed by atoms with E-state index in [1.54, 1.807) is 20.4 Å². The third-order valence-electron chi connectivity index (χ3n) is 3.41. The number of hydrogen-bond donors (Lipinski definition) is 1. The molecule has 0 saturated carbocycles. The molecule has 0 aliphatic rings. The summed E-state index contributed by atoms with van der Waals surface area (Å²) in [5.74, 6) is 0.873. The fraction of sp³-hybridized carbons (Fsp3) is 0.500. The van der Waals surface area contributed by atoms with E-state index < -0.39 is 0 Å². The second kappa shape index (κ2) is 6.53. The van der Waals surface area contributed by atoms with Crippen molar-refractivity contribution < 1.29 is 9.47 Å². The van der Waals surface area contributed by atoms with Crippen LogP contribution >= 0.6 is 0 Å². The number of aryl methyl sites for hydroxylation is 1. The molecule has 21 heavy (non-hydrogen) atoms. The maximum Gasteiger partial charge on any atom is 0.240 e. The Bertz CT molecular complexity index is 611. The lowest BCUT2D eigenvalue weighted by Gasteiger charge is -2.19. The van der Waals surface area contributed by atoms with Gasteiger partial charge in [-0.05, 0) is 13.5 Å². The quantitative estimate of drug-likeness (QED) is 0.863. The number of ether oxygens (including phenoxy) is 2. The molecule has 0 saturated heterocycles. The molecule has 0 spiro atoms. The lowest BCUT2D eigenvalue weighted by Crippen LogP contribution is -2.24. The van der Waals surface area contributed by atoms with E-state index in [-0.39, 0.29) is 6.04 Å². The van der Waals surface area contributed by atoms with Crippen molar-refractivity contribution in [3.05, 3.63) is 29.3 Å². The van der Waals surface area contributed by atoms with Gasteiger partial charge in [-0.3, -0.25) is 4.68 Å². The van der Waals surface area contributed by atoms with Crippen LogP contribution in [0.3, 0.4) is 0 Å². The topological polar surface area (TPSA) is 74.1 Å². The standard InChI is InChI=1S/C14H21N5O2/c1-6-15-12(10-7-17-19(3)9(10)2)13-14(21-5)18-11(20-4)8-16-13/h7-8,12,15H,6H2,1-5H3. The maximum atomic E-state index is 5.36. The predicted octanol–water partition coefficient (Wildman–Crippen LogP) is 1.23. The Kier molecular flexibility index (Phi) is 4.74. The largest absolute Gasteiger partial charge is 0.480 e. The summed E-state index contributed by atoms with van der Waals surface area (Å²) in [6.45, 7) is 4.86. The molecule has 1 atom stereocenters. The van der Waals surface area contributed by atoms with Crippen molar-refractivity contribution in [3.63, 3.8) is 0 Å². The minimum Gasteiger partial charge on any atom is -0.480 e. The monoisotopic (exact) mass is 291 g/mol. The molecule has 2 aromatic rings. The zero-order valence-electron chi connectivity index (χ0n) is 13.0. The molecule has 0 radical (unpaired) electrons. The smallest absolute Gasteiger partial charge is 0.240 e. The normalized spacial score (nSPS) is 12.2. The van der Waals surface area contributed by atoms with Gasteiger partial charge in [0.15, 0.2) is 0 Å². The van der Waals surface area contributed by atoms with Crippen molar-refractivity contribution in [2.75, 3.05) is 20.8 Å². The zero-order chi connectivity index (χ0) is 15.4. The van der Waals surface area contributed by atoms with Gasteiger partial charge in [0.1, 0.15) is 5.69 Å². The van der Waals surface area contributed by atoms with Crippen molar-refractivity contribution in [2.24, 2.45) is 7.05 Å². The van der Waals surface area contributed by atoms with Crippen LogP contribution in [0, 0.1) is 6.92 Å². The highest BCUT2D eigenvalue weighted by Gasteiger charge is 2.24. The summed E-state index contributed by atoms with van der Waals surface area (Å²) in [6.07, 6.45) is 3.43. The van der Waals surface area contributed by atoms with E-state index in [4.69, 9.17) is 9.47 Å². The van der Waals surface area contributed by atoms with Gasteiger partial charge in [0.2, 0.25) is 11.8 Å². The molecule has 7 nitrogen and oxygen atoms in total. The summed E-state index contributed by atoms with van der Waals surface area (Å²) in [7, 11) is 5.04. The summed E-state index contributed by atoms with van der Waals surface area (Å²) >= 11 is 0. The minimum atomic E-state index is -0.128. The third kappa shape index (κ3) is 2.97. The molecule has 0 amide bonds. The second-order valence-electron chi connectivity index (χ2n) is 4.61. The van der Waals surface area contributed by atoms with Crippen molar-refractivity contribution in [3.8, 4) is 11.8 Å². The summed E-state index contributed by atoms with van der Waals surface area (Å²) in [5.41, 5.74) is 2.84. The van der Waals surface area contributed by atoms with E-state index >= 15 is 0 Å². The van der Waals surface area contributed by atoms with E-state index in [1.807, 2.05) is 31.8 Å². The Morgan fingerprint density at radius 2 is 2.05 bits per heavy atom. The van der Waals surface area contributed by atoms with Crippen LogP contribution in [0.4, 0.5) is 0 Å². The predicted molar refractivity (Wildman–Crippen MR) is 78.6 cm³/mol. The van der Waals surface area contributed by atoms with E-state index in [0.717, 1.165) is 23.5 Å². The van der Waals surface area contributed by atoms with Crippen LogP contribution in [0.15, 0.2) is 12.4 Å². The van der Waals surface area contributed by atoms with Gasteiger partial charge in [-0.15, -0.1) is 0 Å². The zero-order valence-corrected chi connectivity index (χ0v) is 13.0. The summed E-state index contributed by atoms with van der Waals surface area (Å²) in [4.78, 5) is 8.75. The van der Waals surface area contributed by atoms with Crippen molar-refractivity contribution in [2.45, 2.75) is 19.9 Å². The minimum absolute atomic E-state index is 0.128. The molecule has 1 unspecified atom stereocenters. The van der Waals surface area contributed by atoms with Gasteiger partial charge in [-0.2, -0.15) is 10.1 Å². The first-order valence-corrected chi connectivity index (χ1v) is 6.79. The molecule has 0 aliphatic carbocycles. The van der Waals surface area contributed by atoms with Gasteiger partial charge < -0.3 is 14.8 Å². The lowest BCUT2D eigenvalue weighted by atomic mass is 10.0. The number of hydrogen-bond acceptors (Lipinski definition) is 6. The van der Waals surface area contributed by atoms with E-state index in [1.165, 1.54) is 0 Å². The van der Waals surface area contributed by atoms with Crippen LogP contribution in [0.5, 0.6) is 11.8 Å².